The number of hydrogen-bond acceptors (Lipinski definition) is 3. The van der Waals surface area contributed by atoms with Gasteiger partial charge in [0, 0.05) is 5.69 Å². The van der Waals surface area contributed by atoms with E-state index in [4.69, 9.17) is 0 Å². The van der Waals surface area contributed by atoms with Crippen LogP contribution in [-0.4, -0.2) is 22.6 Å². The summed E-state index contributed by atoms with van der Waals surface area (Å²) in [4.78, 5) is 16.5. The van der Waals surface area contributed by atoms with Crippen molar-refractivity contribution in [2.24, 2.45) is 0 Å². The zero-order chi connectivity index (χ0) is 14.5. The van der Waals surface area contributed by atoms with Gasteiger partial charge in [-0.05, 0) is 31.5 Å². The van der Waals surface area contributed by atoms with Crippen molar-refractivity contribution >= 4 is 5.91 Å². The summed E-state index contributed by atoms with van der Waals surface area (Å²) in [7, 11) is 0. The highest BCUT2D eigenvalue weighted by atomic mass is 16.3. The summed E-state index contributed by atoms with van der Waals surface area (Å²) in [5.41, 5.74) is 2.97. The van der Waals surface area contributed by atoms with Gasteiger partial charge in [0.15, 0.2) is 0 Å². The Morgan fingerprint density at radius 2 is 1.90 bits per heavy atom. The largest absolute Gasteiger partial charge is 0.394 e. The van der Waals surface area contributed by atoms with Gasteiger partial charge in [-0.3, -0.25) is 9.78 Å². The van der Waals surface area contributed by atoms with E-state index in [1.807, 2.05) is 37.3 Å². The van der Waals surface area contributed by atoms with Gasteiger partial charge in [0.2, 0.25) is 0 Å². The number of hydrogen-bond donors (Lipinski definition) is 2. The number of aliphatic hydroxyl groups excluding tert-OH is 1. The Kier molecular flexibility index (Phi) is 4.48. The minimum atomic E-state index is -0.413. The Morgan fingerprint density at radius 1 is 1.20 bits per heavy atom. The summed E-state index contributed by atoms with van der Waals surface area (Å²) in [6, 6.07) is 12.6. The molecular formula is C16H18N2O2. The third-order valence-electron chi connectivity index (χ3n) is 3.16. The first-order valence-electron chi connectivity index (χ1n) is 6.52. The molecule has 2 N–H and O–H groups in total. The molecule has 0 aliphatic rings. The van der Waals surface area contributed by atoms with Crippen molar-refractivity contribution in [2.75, 3.05) is 6.61 Å². The van der Waals surface area contributed by atoms with E-state index in [9.17, 15) is 9.90 Å². The van der Waals surface area contributed by atoms with E-state index in [-0.39, 0.29) is 12.5 Å². The summed E-state index contributed by atoms with van der Waals surface area (Å²) in [5.74, 6) is -0.224. The zero-order valence-corrected chi connectivity index (χ0v) is 11.6. The molecule has 0 aliphatic carbocycles. The fourth-order valence-electron chi connectivity index (χ4n) is 2.08. The van der Waals surface area contributed by atoms with Crippen LogP contribution in [0.5, 0.6) is 0 Å². The van der Waals surface area contributed by atoms with Crippen molar-refractivity contribution < 1.29 is 9.90 Å². The van der Waals surface area contributed by atoms with Gasteiger partial charge in [-0.25, -0.2) is 0 Å². The van der Waals surface area contributed by atoms with Crippen LogP contribution in [0.4, 0.5) is 0 Å². The van der Waals surface area contributed by atoms with E-state index in [0.29, 0.717) is 11.3 Å². The van der Waals surface area contributed by atoms with E-state index in [1.54, 1.807) is 19.1 Å². The summed E-state index contributed by atoms with van der Waals surface area (Å²) in [6.45, 7) is 3.54. The van der Waals surface area contributed by atoms with Gasteiger partial charge in [-0.2, -0.15) is 0 Å². The second-order valence-corrected chi connectivity index (χ2v) is 4.70. The first kappa shape index (κ1) is 14.2. The third-order valence-corrected chi connectivity index (χ3v) is 3.16. The molecule has 20 heavy (non-hydrogen) atoms. The molecule has 0 aliphatic heterocycles. The maximum absolute atomic E-state index is 12.3. The van der Waals surface area contributed by atoms with Crippen LogP contribution in [0.2, 0.25) is 0 Å². The molecule has 4 heteroatoms. The fraction of sp³-hybridized carbons (Fsp3) is 0.250. The molecular weight excluding hydrogens is 252 g/mol. The lowest BCUT2D eigenvalue weighted by molar-refractivity contribution is 0.0915. The van der Waals surface area contributed by atoms with Crippen molar-refractivity contribution in [2.45, 2.75) is 19.9 Å². The summed E-state index contributed by atoms with van der Waals surface area (Å²) >= 11 is 0. The third kappa shape index (κ3) is 3.22. The van der Waals surface area contributed by atoms with Crippen LogP contribution in [0, 0.1) is 13.8 Å². The Morgan fingerprint density at radius 3 is 2.50 bits per heavy atom. The molecule has 1 aromatic heterocycles. The number of nitrogens with zero attached hydrogens (tertiary/aromatic N) is 1. The van der Waals surface area contributed by atoms with Gasteiger partial charge in [-0.15, -0.1) is 0 Å². The molecule has 1 aromatic carbocycles. The number of amides is 1. The predicted octanol–water partition coefficient (Wildman–Crippen LogP) is 2.16. The van der Waals surface area contributed by atoms with Crippen LogP contribution in [0.3, 0.4) is 0 Å². The quantitative estimate of drug-likeness (QED) is 0.895. The average molecular weight is 270 g/mol. The van der Waals surface area contributed by atoms with Gasteiger partial charge in [0.1, 0.15) is 0 Å². The van der Waals surface area contributed by atoms with Crippen molar-refractivity contribution in [3.63, 3.8) is 0 Å². The highest BCUT2D eigenvalue weighted by molar-refractivity contribution is 5.95. The molecule has 0 spiro atoms. The van der Waals surface area contributed by atoms with E-state index >= 15 is 0 Å². The van der Waals surface area contributed by atoms with Crippen molar-refractivity contribution in [3.8, 4) is 0 Å². The summed E-state index contributed by atoms with van der Waals surface area (Å²) in [6.07, 6.45) is 0. The number of pyridine rings is 1. The smallest absolute Gasteiger partial charge is 0.253 e. The second-order valence-electron chi connectivity index (χ2n) is 4.70. The minimum Gasteiger partial charge on any atom is -0.394 e. The van der Waals surface area contributed by atoms with Gasteiger partial charge in [-0.1, -0.05) is 30.3 Å². The molecule has 0 radical (unpaired) electrons. The van der Waals surface area contributed by atoms with Crippen LogP contribution in [0.25, 0.3) is 0 Å². The normalized spacial score (nSPS) is 11.9. The number of carbonyl (C=O) groups is 1. The van der Waals surface area contributed by atoms with E-state index in [0.717, 1.165) is 11.3 Å². The maximum Gasteiger partial charge on any atom is 0.253 e. The SMILES string of the molecule is Cc1ccc(C(=O)NC(CO)c2ccccc2)c(C)n1. The molecule has 104 valence electrons. The molecule has 4 nitrogen and oxygen atoms in total. The van der Waals surface area contributed by atoms with E-state index in [2.05, 4.69) is 10.3 Å². The van der Waals surface area contributed by atoms with Crippen LogP contribution >= 0.6 is 0 Å². The number of rotatable bonds is 4. The van der Waals surface area contributed by atoms with Gasteiger partial charge >= 0.3 is 0 Å². The molecule has 0 fully saturated rings. The number of carbonyl (C=O) groups excluding carboxylic acids is 1. The van der Waals surface area contributed by atoms with Crippen LogP contribution < -0.4 is 5.32 Å². The van der Waals surface area contributed by atoms with Crippen molar-refractivity contribution in [1.82, 2.24) is 10.3 Å². The monoisotopic (exact) mass is 270 g/mol. The zero-order valence-electron chi connectivity index (χ0n) is 11.6. The number of benzene rings is 1. The molecule has 1 unspecified atom stereocenters. The molecule has 2 aromatic rings. The van der Waals surface area contributed by atoms with Crippen LogP contribution in [0.1, 0.15) is 33.4 Å². The topological polar surface area (TPSA) is 62.2 Å². The molecule has 0 saturated heterocycles. The predicted molar refractivity (Wildman–Crippen MR) is 77.4 cm³/mol. The lowest BCUT2D eigenvalue weighted by Gasteiger charge is -2.17. The van der Waals surface area contributed by atoms with Crippen molar-refractivity contribution in [1.29, 1.82) is 0 Å². The highest BCUT2D eigenvalue weighted by Gasteiger charge is 2.16. The Balaban J connectivity index is 2.17. The molecule has 1 heterocycles. The first-order valence-corrected chi connectivity index (χ1v) is 6.52. The molecule has 0 bridgehead atoms. The average Bonchev–Trinajstić information content (AvgIpc) is 2.45. The number of aromatic nitrogens is 1. The number of nitrogens with one attached hydrogen (secondary N) is 1. The standard InChI is InChI=1S/C16H18N2O2/c1-11-8-9-14(12(2)17-11)16(20)18-15(10-19)13-6-4-3-5-7-13/h3-9,15,19H,10H2,1-2H3,(H,18,20). The molecule has 1 atom stereocenters. The highest BCUT2D eigenvalue weighted by Crippen LogP contribution is 2.14. The first-order chi connectivity index (χ1) is 9.61. The maximum atomic E-state index is 12.3. The van der Waals surface area contributed by atoms with E-state index in [1.165, 1.54) is 0 Å². The molecule has 0 saturated carbocycles. The molecule has 2 rings (SSSR count). The summed E-state index contributed by atoms with van der Waals surface area (Å²) in [5, 5.41) is 12.3. The van der Waals surface area contributed by atoms with E-state index < -0.39 is 6.04 Å². The van der Waals surface area contributed by atoms with Gasteiger partial charge < -0.3 is 10.4 Å². The summed E-state index contributed by atoms with van der Waals surface area (Å²) < 4.78 is 0. The Labute approximate surface area is 118 Å². The fourth-order valence-corrected chi connectivity index (χ4v) is 2.08. The number of aliphatic hydroxyl groups is 1. The Hall–Kier alpha value is -2.20. The minimum absolute atomic E-state index is 0.145. The molecule has 1 amide bonds. The lowest BCUT2D eigenvalue weighted by Crippen LogP contribution is -2.31. The van der Waals surface area contributed by atoms with Crippen LogP contribution in [0.15, 0.2) is 42.5 Å². The van der Waals surface area contributed by atoms with Gasteiger partial charge in [0.05, 0.1) is 23.9 Å². The second kappa shape index (κ2) is 6.30. The van der Waals surface area contributed by atoms with Crippen LogP contribution in [-0.2, 0) is 0 Å². The van der Waals surface area contributed by atoms with Crippen molar-refractivity contribution in [3.05, 3.63) is 65.0 Å². The lowest BCUT2D eigenvalue weighted by atomic mass is 10.1. The Bertz CT molecular complexity index is 597. The van der Waals surface area contributed by atoms with Gasteiger partial charge in [0.25, 0.3) is 5.91 Å². The number of aryl methyl sites for hydroxylation is 2.